The highest BCUT2D eigenvalue weighted by Crippen LogP contribution is 2.55. The largest absolute Gasteiger partial charge is 0.485 e. The first kappa shape index (κ1) is 17.3. The fourth-order valence-corrected chi connectivity index (χ4v) is 4.65. The highest BCUT2D eigenvalue weighted by molar-refractivity contribution is 6.02. The molecule has 1 atom stereocenters. The summed E-state index contributed by atoms with van der Waals surface area (Å²) in [6.45, 7) is 3.56. The quantitative estimate of drug-likeness (QED) is 0.376. The van der Waals surface area contributed by atoms with E-state index in [4.69, 9.17) is 4.74 Å². The molecule has 0 N–H and O–H groups in total. The average molecular weight is 389 g/mol. The molecule has 3 nitrogen and oxygen atoms in total. The molecule has 7 heteroatoms. The van der Waals surface area contributed by atoms with Crippen molar-refractivity contribution in [3.63, 3.8) is 0 Å². The summed E-state index contributed by atoms with van der Waals surface area (Å²) in [5.41, 5.74) is 0.373. The fraction of sp³-hybridized carbons (Fsp3) is 0.286. The predicted octanol–water partition coefficient (Wildman–Crippen LogP) is 4.35. The number of ketones is 1. The van der Waals surface area contributed by atoms with Gasteiger partial charge in [-0.2, -0.15) is 0 Å². The summed E-state index contributed by atoms with van der Waals surface area (Å²) in [6.07, 6.45) is 6.26. The number of halogens is 4. The highest BCUT2D eigenvalue weighted by Gasteiger charge is 2.51. The summed E-state index contributed by atoms with van der Waals surface area (Å²) in [5, 5.41) is 0. The van der Waals surface area contributed by atoms with E-state index in [0.717, 1.165) is 0 Å². The molecule has 1 aromatic rings. The summed E-state index contributed by atoms with van der Waals surface area (Å²) in [6, 6.07) is 0. The smallest absolute Gasteiger partial charge is 0.199 e. The van der Waals surface area contributed by atoms with Gasteiger partial charge in [0.05, 0.1) is 5.69 Å². The van der Waals surface area contributed by atoms with Crippen LogP contribution in [0, 0.1) is 23.3 Å². The van der Waals surface area contributed by atoms with Crippen molar-refractivity contribution in [2.75, 3.05) is 11.4 Å². The van der Waals surface area contributed by atoms with Crippen molar-refractivity contribution >= 4 is 11.5 Å². The molecule has 0 amide bonds. The van der Waals surface area contributed by atoms with E-state index >= 15 is 0 Å². The molecule has 28 heavy (non-hydrogen) atoms. The lowest BCUT2D eigenvalue weighted by Gasteiger charge is -2.40. The third kappa shape index (κ3) is 2.02. The second-order valence-electron chi connectivity index (χ2n) is 7.80. The van der Waals surface area contributed by atoms with Crippen LogP contribution in [0.15, 0.2) is 46.9 Å². The Kier molecular flexibility index (Phi) is 3.31. The maximum atomic E-state index is 14.7. The van der Waals surface area contributed by atoms with Crippen LogP contribution >= 0.6 is 0 Å². The first-order valence-corrected chi connectivity index (χ1v) is 8.93. The predicted molar refractivity (Wildman–Crippen MR) is 93.5 cm³/mol. The van der Waals surface area contributed by atoms with Crippen LogP contribution in [0.25, 0.3) is 0 Å². The van der Waals surface area contributed by atoms with Gasteiger partial charge in [0.15, 0.2) is 29.1 Å². The van der Waals surface area contributed by atoms with Gasteiger partial charge in [0, 0.05) is 46.9 Å². The van der Waals surface area contributed by atoms with Gasteiger partial charge in [0.2, 0.25) is 0 Å². The van der Waals surface area contributed by atoms with Crippen LogP contribution < -0.4 is 4.90 Å². The Morgan fingerprint density at radius 3 is 2.50 bits per heavy atom. The number of fused-ring (bicyclic) bond motifs is 5. The van der Waals surface area contributed by atoms with Crippen molar-refractivity contribution in [2.45, 2.75) is 31.8 Å². The lowest BCUT2D eigenvalue weighted by molar-refractivity contribution is -0.110. The Morgan fingerprint density at radius 1 is 1.04 bits per heavy atom. The number of carbonyl (C=O) groups is 1. The van der Waals surface area contributed by atoms with E-state index in [-0.39, 0.29) is 23.6 Å². The number of hydrogen-bond donors (Lipinski definition) is 0. The standard InChI is InChI=1S/C21H15F4NO2/c1-21(2)14-15(22)16(23)17(24)18(25)19(14)26-6-5-12-11(20(21)26)7-9-3-4-10(27)8-13(9)28-12/h3-4,7-8,12H,5-6H2,1-2H3. The van der Waals surface area contributed by atoms with Gasteiger partial charge in [0.25, 0.3) is 0 Å². The maximum Gasteiger partial charge on any atom is 0.199 e. The molecule has 144 valence electrons. The minimum atomic E-state index is -1.81. The van der Waals surface area contributed by atoms with Crippen LogP contribution in [0.5, 0.6) is 0 Å². The molecule has 3 aliphatic heterocycles. The summed E-state index contributed by atoms with van der Waals surface area (Å²) < 4.78 is 63.2. The second-order valence-corrected chi connectivity index (χ2v) is 7.80. The molecule has 3 heterocycles. The first-order valence-electron chi connectivity index (χ1n) is 8.93. The van der Waals surface area contributed by atoms with Gasteiger partial charge in [-0.05, 0) is 18.2 Å². The number of benzene rings is 1. The molecule has 0 saturated carbocycles. The number of rotatable bonds is 0. The maximum absolute atomic E-state index is 14.7. The minimum Gasteiger partial charge on any atom is -0.485 e. The van der Waals surface area contributed by atoms with E-state index in [1.165, 1.54) is 17.1 Å². The van der Waals surface area contributed by atoms with E-state index in [9.17, 15) is 22.4 Å². The lowest BCUT2D eigenvalue weighted by Crippen LogP contribution is -2.39. The molecular formula is C21H15F4NO2. The van der Waals surface area contributed by atoms with Crippen molar-refractivity contribution in [3.05, 3.63) is 75.7 Å². The van der Waals surface area contributed by atoms with Gasteiger partial charge in [-0.3, -0.25) is 4.79 Å². The second kappa shape index (κ2) is 5.37. The van der Waals surface area contributed by atoms with Crippen molar-refractivity contribution in [1.82, 2.24) is 0 Å². The first-order chi connectivity index (χ1) is 13.2. The minimum absolute atomic E-state index is 0.176. The molecule has 0 spiro atoms. The Balaban J connectivity index is 1.79. The lowest BCUT2D eigenvalue weighted by atomic mass is 9.78. The number of allylic oxidation sites excluding steroid dienone is 4. The van der Waals surface area contributed by atoms with Crippen LogP contribution in [0.3, 0.4) is 0 Å². The third-order valence-electron chi connectivity index (χ3n) is 5.80. The number of anilines is 1. The van der Waals surface area contributed by atoms with Crippen LogP contribution in [-0.2, 0) is 14.9 Å². The van der Waals surface area contributed by atoms with Crippen LogP contribution in [0.1, 0.15) is 25.8 Å². The SMILES string of the molecule is CC1(C)C2=C3C=C4C=CC(=O)C=C4OC3CCN2c2c(F)c(F)c(F)c(F)c21. The molecule has 4 aliphatic rings. The van der Waals surface area contributed by atoms with E-state index in [1.807, 2.05) is 6.08 Å². The van der Waals surface area contributed by atoms with E-state index < -0.39 is 34.8 Å². The van der Waals surface area contributed by atoms with Crippen molar-refractivity contribution in [3.8, 4) is 0 Å². The zero-order valence-corrected chi connectivity index (χ0v) is 15.1. The van der Waals surface area contributed by atoms with E-state index in [1.54, 1.807) is 19.9 Å². The van der Waals surface area contributed by atoms with Gasteiger partial charge in [0.1, 0.15) is 11.9 Å². The molecule has 1 unspecified atom stereocenters. The van der Waals surface area contributed by atoms with Crippen molar-refractivity contribution in [1.29, 1.82) is 0 Å². The van der Waals surface area contributed by atoms with Gasteiger partial charge in [-0.1, -0.05) is 13.8 Å². The normalized spacial score (nSPS) is 24.1. The Morgan fingerprint density at radius 2 is 1.75 bits per heavy atom. The molecule has 0 bridgehead atoms. The Hall–Kier alpha value is -2.83. The van der Waals surface area contributed by atoms with Crippen LogP contribution in [0.2, 0.25) is 0 Å². The monoisotopic (exact) mass is 389 g/mol. The topological polar surface area (TPSA) is 29.5 Å². The fourth-order valence-electron chi connectivity index (χ4n) is 4.65. The average Bonchev–Trinajstić information content (AvgIpc) is 2.90. The number of carbonyl (C=O) groups excluding carboxylic acids is 1. The zero-order valence-electron chi connectivity index (χ0n) is 15.1. The van der Waals surface area contributed by atoms with Crippen molar-refractivity contribution in [2.24, 2.45) is 0 Å². The molecule has 0 radical (unpaired) electrons. The molecular weight excluding hydrogens is 374 g/mol. The summed E-state index contributed by atoms with van der Waals surface area (Å²) >= 11 is 0. The number of nitrogens with zero attached hydrogens (tertiary/aromatic N) is 1. The summed E-state index contributed by atoms with van der Waals surface area (Å²) in [4.78, 5) is 13.1. The molecule has 0 fully saturated rings. The van der Waals surface area contributed by atoms with E-state index in [0.29, 0.717) is 29.0 Å². The molecule has 1 aromatic carbocycles. The molecule has 0 aromatic heterocycles. The van der Waals surface area contributed by atoms with E-state index in [2.05, 4.69) is 0 Å². The van der Waals surface area contributed by atoms with Gasteiger partial charge in [-0.25, -0.2) is 17.6 Å². The highest BCUT2D eigenvalue weighted by atomic mass is 19.2. The zero-order chi connectivity index (χ0) is 20.0. The summed E-state index contributed by atoms with van der Waals surface area (Å²) in [7, 11) is 0. The van der Waals surface area contributed by atoms with Gasteiger partial charge >= 0.3 is 0 Å². The van der Waals surface area contributed by atoms with Crippen LogP contribution in [-0.4, -0.2) is 18.4 Å². The van der Waals surface area contributed by atoms with Crippen molar-refractivity contribution < 1.29 is 27.1 Å². The molecule has 5 rings (SSSR count). The Bertz CT molecular complexity index is 1090. The Labute approximate surface area is 158 Å². The summed E-state index contributed by atoms with van der Waals surface area (Å²) in [5.74, 6) is -6.08. The van der Waals surface area contributed by atoms with Gasteiger partial charge < -0.3 is 9.64 Å². The van der Waals surface area contributed by atoms with Gasteiger partial charge in [-0.15, -0.1) is 0 Å². The molecule has 0 saturated heterocycles. The van der Waals surface area contributed by atoms with Crippen LogP contribution in [0.4, 0.5) is 23.2 Å². The number of ether oxygens (including phenoxy) is 1. The third-order valence-corrected chi connectivity index (χ3v) is 5.80. The molecule has 1 aliphatic carbocycles. The number of hydrogen-bond acceptors (Lipinski definition) is 3.